The third kappa shape index (κ3) is 15.4. The van der Waals surface area contributed by atoms with Gasteiger partial charge in [0.15, 0.2) is 0 Å². The molecule has 4 nitrogen and oxygen atoms in total. The van der Waals surface area contributed by atoms with Crippen LogP contribution in [-0.2, 0) is 9.05 Å². The summed E-state index contributed by atoms with van der Waals surface area (Å²) in [6, 6.07) is 0. The molecule has 2 N–H and O–H groups in total. The fourth-order valence-corrected chi connectivity index (χ4v) is 1.58. The first-order valence-corrected chi connectivity index (χ1v) is 12.7. The summed E-state index contributed by atoms with van der Waals surface area (Å²) in [5.41, 5.74) is 5.69. The van der Waals surface area contributed by atoms with Gasteiger partial charge in [-0.3, -0.25) is 11.0 Å². The number of hydrogen-bond acceptors (Lipinski definition) is 4. The van der Waals surface area contributed by atoms with E-state index in [9.17, 15) is 0 Å². The second kappa shape index (κ2) is 7.70. The van der Waals surface area contributed by atoms with Crippen LogP contribution >= 0.6 is 0 Å². The zero-order chi connectivity index (χ0) is 13.4. The van der Waals surface area contributed by atoms with Crippen LogP contribution in [0.2, 0.25) is 39.3 Å². The minimum absolute atomic E-state index is 0.837. The first-order valence-electron chi connectivity index (χ1n) is 5.88. The first-order chi connectivity index (χ1) is 7.71. The molecule has 0 saturated carbocycles. The van der Waals surface area contributed by atoms with Crippen LogP contribution in [0.25, 0.3) is 0 Å². The molecule has 0 aromatic rings. The lowest BCUT2D eigenvalue weighted by Gasteiger charge is -2.15. The van der Waals surface area contributed by atoms with Crippen LogP contribution in [0.4, 0.5) is 0 Å². The summed E-state index contributed by atoms with van der Waals surface area (Å²) >= 11 is 0. The van der Waals surface area contributed by atoms with Crippen molar-refractivity contribution in [3.63, 3.8) is 0 Å². The molecule has 0 aromatic heterocycles. The maximum absolute atomic E-state index is 5.44. The summed E-state index contributed by atoms with van der Waals surface area (Å²) in [5, 5.41) is 0. The highest BCUT2D eigenvalue weighted by molar-refractivity contribution is 6.69. The zero-order valence-corrected chi connectivity index (χ0v) is 13.8. The van der Waals surface area contributed by atoms with E-state index in [1.807, 2.05) is 24.6 Å². The van der Waals surface area contributed by atoms with Crippen molar-refractivity contribution in [3.8, 4) is 0 Å². The molecule has 0 bridgehead atoms. The van der Waals surface area contributed by atoms with E-state index >= 15 is 0 Å². The lowest BCUT2D eigenvalue weighted by atomic mass is 10.4. The first kappa shape index (κ1) is 16.4. The molecule has 0 saturated heterocycles. The summed E-state index contributed by atoms with van der Waals surface area (Å²) in [6.07, 6.45) is 8.47. The van der Waals surface area contributed by atoms with E-state index in [1.54, 1.807) is 0 Å². The molecule has 0 atom stereocenters. The predicted octanol–water partition coefficient (Wildman–Crippen LogP) is 3.12. The third-order valence-electron chi connectivity index (χ3n) is 1.37. The molecule has 0 aliphatic heterocycles. The van der Waals surface area contributed by atoms with E-state index in [-0.39, 0.29) is 0 Å². The summed E-state index contributed by atoms with van der Waals surface area (Å²) in [7, 11) is -2.94. The monoisotopic (exact) mass is 274 g/mol. The van der Waals surface area contributed by atoms with Crippen LogP contribution in [-0.4, -0.2) is 16.6 Å². The molecule has 0 aliphatic carbocycles. The van der Waals surface area contributed by atoms with Gasteiger partial charge in [0, 0.05) is 12.4 Å². The quantitative estimate of drug-likeness (QED) is 0.527. The minimum Gasteiger partial charge on any atom is -0.323 e. The van der Waals surface area contributed by atoms with Crippen LogP contribution < -0.4 is 11.0 Å². The normalized spacial score (nSPS) is 13.5. The van der Waals surface area contributed by atoms with Gasteiger partial charge in [0.05, 0.1) is 0 Å². The van der Waals surface area contributed by atoms with Gasteiger partial charge < -0.3 is 9.05 Å². The van der Waals surface area contributed by atoms with Gasteiger partial charge in [0.2, 0.25) is 16.6 Å². The molecule has 0 spiro atoms. The van der Waals surface area contributed by atoms with Crippen molar-refractivity contribution in [2.75, 3.05) is 0 Å². The molecule has 0 amide bonds. The molecule has 0 radical (unpaired) electrons. The Balaban J connectivity index is 3.50. The van der Waals surface area contributed by atoms with Crippen LogP contribution in [0.15, 0.2) is 24.6 Å². The Morgan fingerprint density at radius 2 is 1.12 bits per heavy atom. The van der Waals surface area contributed by atoms with Crippen molar-refractivity contribution in [2.45, 2.75) is 45.7 Å². The Morgan fingerprint density at radius 3 is 1.41 bits per heavy atom. The topological polar surface area (TPSA) is 42.5 Å². The minimum atomic E-state index is -1.47. The molecule has 0 fully saturated rings. The lowest BCUT2D eigenvalue weighted by Crippen LogP contribution is -2.31. The molecule has 0 heterocycles. The van der Waals surface area contributed by atoms with Gasteiger partial charge in [0.25, 0.3) is 0 Å². The molecule has 0 aromatic carbocycles. The molecule has 17 heavy (non-hydrogen) atoms. The summed E-state index contributed by atoms with van der Waals surface area (Å²) in [5.74, 6) is 0. The zero-order valence-electron chi connectivity index (χ0n) is 11.8. The predicted molar refractivity (Wildman–Crippen MR) is 78.0 cm³/mol. The summed E-state index contributed by atoms with van der Waals surface area (Å²) < 4.78 is 10.9. The fourth-order valence-electron chi connectivity index (χ4n) is 0.732. The smallest absolute Gasteiger partial charge is 0.220 e. The van der Waals surface area contributed by atoms with E-state index in [0.717, 1.165) is 6.42 Å². The lowest BCUT2D eigenvalue weighted by molar-refractivity contribution is 0.234. The highest BCUT2D eigenvalue weighted by atomic mass is 28.4. The van der Waals surface area contributed by atoms with E-state index in [0.29, 0.717) is 0 Å². The van der Waals surface area contributed by atoms with Gasteiger partial charge in [-0.05, 0) is 45.7 Å². The Bertz CT molecular complexity index is 229. The molecular formula is C11H26N2O2Si2. The van der Waals surface area contributed by atoms with Crippen molar-refractivity contribution in [1.82, 2.24) is 11.0 Å². The van der Waals surface area contributed by atoms with Gasteiger partial charge in [0.1, 0.15) is 0 Å². The third-order valence-corrected chi connectivity index (χ3v) is 2.83. The largest absolute Gasteiger partial charge is 0.323 e. The van der Waals surface area contributed by atoms with Crippen molar-refractivity contribution < 1.29 is 9.05 Å². The average molecular weight is 275 g/mol. The molecule has 0 unspecified atom stereocenters. The Kier molecular flexibility index (Phi) is 7.44. The van der Waals surface area contributed by atoms with Gasteiger partial charge in [-0.25, -0.2) is 0 Å². The molecule has 100 valence electrons. The Morgan fingerprint density at radius 1 is 0.765 bits per heavy atom. The SMILES string of the molecule is C[Si](C)(C)ONC=CCC=CNO[Si](C)(C)C. The van der Waals surface area contributed by atoms with Crippen LogP contribution in [0.1, 0.15) is 6.42 Å². The Hall–Kier alpha value is -0.566. The maximum Gasteiger partial charge on any atom is 0.220 e. The van der Waals surface area contributed by atoms with Crippen LogP contribution in [0.3, 0.4) is 0 Å². The highest BCUT2D eigenvalue weighted by Crippen LogP contribution is 1.99. The van der Waals surface area contributed by atoms with Crippen molar-refractivity contribution >= 4 is 16.6 Å². The van der Waals surface area contributed by atoms with E-state index in [4.69, 9.17) is 9.05 Å². The second-order valence-electron chi connectivity index (χ2n) is 5.71. The van der Waals surface area contributed by atoms with E-state index in [2.05, 4.69) is 50.2 Å². The van der Waals surface area contributed by atoms with Gasteiger partial charge >= 0.3 is 0 Å². The number of hydrogen-bond donors (Lipinski definition) is 2. The molecule has 6 heteroatoms. The van der Waals surface area contributed by atoms with Crippen molar-refractivity contribution in [2.24, 2.45) is 0 Å². The van der Waals surface area contributed by atoms with Gasteiger partial charge in [-0.1, -0.05) is 12.2 Å². The standard InChI is InChI=1S/C11H26N2O2Si2/c1-16(2,3)14-12-10-8-7-9-11-13-15-17(4,5)6/h8-13H,7H2,1-6H3. The molecule has 0 rings (SSSR count). The van der Waals surface area contributed by atoms with Crippen LogP contribution in [0, 0.1) is 0 Å². The van der Waals surface area contributed by atoms with Crippen molar-refractivity contribution in [3.05, 3.63) is 24.6 Å². The van der Waals surface area contributed by atoms with Crippen molar-refractivity contribution in [1.29, 1.82) is 0 Å². The fraction of sp³-hybridized carbons (Fsp3) is 0.636. The van der Waals surface area contributed by atoms with E-state index < -0.39 is 16.6 Å². The molecule has 0 aliphatic rings. The summed E-state index contributed by atoms with van der Waals surface area (Å²) in [6.45, 7) is 12.8. The second-order valence-corrected chi connectivity index (χ2v) is 14.6. The number of hydroxylamine groups is 2. The van der Waals surface area contributed by atoms with Gasteiger partial charge in [-0.2, -0.15) is 0 Å². The van der Waals surface area contributed by atoms with Crippen LogP contribution in [0.5, 0.6) is 0 Å². The number of rotatable bonds is 8. The average Bonchev–Trinajstić information content (AvgIpc) is 2.11. The van der Waals surface area contributed by atoms with Gasteiger partial charge in [-0.15, -0.1) is 0 Å². The van der Waals surface area contributed by atoms with E-state index in [1.165, 1.54) is 0 Å². The highest BCUT2D eigenvalue weighted by Gasteiger charge is 2.14. The maximum atomic E-state index is 5.44. The molecular weight excluding hydrogens is 248 g/mol. The summed E-state index contributed by atoms with van der Waals surface area (Å²) in [4.78, 5) is 0. The number of nitrogens with one attached hydrogen (secondary N) is 2. The Labute approximate surface area is 107 Å². The number of allylic oxidation sites excluding steroid dienone is 2.